The Morgan fingerprint density at radius 1 is 0.972 bits per heavy atom. The fraction of sp³-hybridized carbons (Fsp3) is 0.630. The number of amides is 2. The smallest absolute Gasteiger partial charge is 0.356 e. The molecule has 1 spiro atoms. The maximum atomic E-state index is 14.4. The number of unbranched alkanes of at least 4 members (excludes halogenated alkanes) is 1. The Morgan fingerprint density at radius 2 is 1.61 bits per heavy atom. The highest BCUT2D eigenvalue weighted by atomic mass is 19.4. The van der Waals surface area contributed by atoms with Gasteiger partial charge in [-0.15, -0.1) is 0 Å². The monoisotopic (exact) mass is 507 g/mol. The zero-order valence-corrected chi connectivity index (χ0v) is 20.2. The van der Waals surface area contributed by atoms with Gasteiger partial charge in [0.05, 0.1) is 17.4 Å². The summed E-state index contributed by atoms with van der Waals surface area (Å²) in [7, 11) is 0. The van der Waals surface area contributed by atoms with E-state index in [1.54, 1.807) is 0 Å². The van der Waals surface area contributed by atoms with Crippen molar-refractivity contribution >= 4 is 11.8 Å². The maximum Gasteiger partial charge on any atom is 0.419 e. The molecule has 9 heteroatoms. The fourth-order valence-electron chi connectivity index (χ4n) is 6.74. The molecule has 196 valence electrons. The molecule has 2 N–H and O–H groups in total. The number of benzene rings is 1. The summed E-state index contributed by atoms with van der Waals surface area (Å²) in [5.41, 5.74) is -1.63. The molecule has 1 aromatic rings. The number of nitrogens with one attached hydrogen (secondary N) is 2. The molecule has 5 rings (SSSR count). The lowest BCUT2D eigenvalue weighted by atomic mass is 9.81. The van der Waals surface area contributed by atoms with Gasteiger partial charge in [-0.05, 0) is 81.5 Å². The van der Waals surface area contributed by atoms with Crippen LogP contribution in [0.15, 0.2) is 30.4 Å². The van der Waals surface area contributed by atoms with Crippen molar-refractivity contribution in [1.29, 1.82) is 0 Å². The van der Waals surface area contributed by atoms with Crippen LogP contribution in [0.1, 0.15) is 49.7 Å². The van der Waals surface area contributed by atoms with Crippen molar-refractivity contribution < 1.29 is 27.2 Å². The van der Waals surface area contributed by atoms with E-state index in [9.17, 15) is 27.2 Å². The highest BCUT2D eigenvalue weighted by molar-refractivity contribution is 5.90. The van der Waals surface area contributed by atoms with Crippen LogP contribution < -0.4 is 10.6 Å². The molecule has 1 heterocycles. The molecule has 0 radical (unpaired) electrons. The van der Waals surface area contributed by atoms with Crippen LogP contribution in [-0.4, -0.2) is 42.9 Å². The molecule has 3 fully saturated rings. The van der Waals surface area contributed by atoms with Gasteiger partial charge in [-0.25, -0.2) is 4.39 Å². The maximum absolute atomic E-state index is 14.4. The van der Waals surface area contributed by atoms with Crippen LogP contribution in [0, 0.1) is 34.9 Å². The Bertz CT molecular complexity index is 1030. The number of hydrogen-bond acceptors (Lipinski definition) is 3. The molecule has 1 aliphatic heterocycles. The molecule has 3 aliphatic carbocycles. The van der Waals surface area contributed by atoms with Crippen LogP contribution in [0.25, 0.3) is 0 Å². The topological polar surface area (TPSA) is 61.4 Å². The number of carbonyl (C=O) groups is 2. The van der Waals surface area contributed by atoms with E-state index in [4.69, 9.17) is 0 Å². The van der Waals surface area contributed by atoms with Crippen molar-refractivity contribution in [2.45, 2.75) is 51.2 Å². The molecule has 2 saturated carbocycles. The number of rotatable bonds is 9. The van der Waals surface area contributed by atoms with Gasteiger partial charge in [0.1, 0.15) is 5.82 Å². The zero-order chi connectivity index (χ0) is 25.5. The zero-order valence-electron chi connectivity index (χ0n) is 20.2. The van der Waals surface area contributed by atoms with E-state index in [0.717, 1.165) is 51.4 Å². The average molecular weight is 508 g/mol. The third-order valence-electron chi connectivity index (χ3n) is 8.68. The minimum absolute atomic E-state index is 0.00635. The number of halogens is 4. The van der Waals surface area contributed by atoms with Crippen molar-refractivity contribution in [3.63, 3.8) is 0 Å². The Labute approximate surface area is 208 Å². The second kappa shape index (κ2) is 9.80. The van der Waals surface area contributed by atoms with E-state index in [1.807, 2.05) is 6.08 Å². The fourth-order valence-corrected chi connectivity index (χ4v) is 6.74. The molecule has 1 saturated heterocycles. The van der Waals surface area contributed by atoms with E-state index in [0.29, 0.717) is 12.6 Å². The highest BCUT2D eigenvalue weighted by Crippen LogP contribution is 2.72. The quantitative estimate of drug-likeness (QED) is 0.298. The van der Waals surface area contributed by atoms with Gasteiger partial charge >= 0.3 is 6.18 Å². The molecule has 4 atom stereocenters. The molecule has 1 aromatic carbocycles. The average Bonchev–Trinajstić information content (AvgIpc) is 3.19. The Morgan fingerprint density at radius 3 is 2.22 bits per heavy atom. The first kappa shape index (κ1) is 25.2. The van der Waals surface area contributed by atoms with E-state index in [-0.39, 0.29) is 35.3 Å². The Hall–Kier alpha value is -2.42. The van der Waals surface area contributed by atoms with Gasteiger partial charge in [0.15, 0.2) is 0 Å². The summed E-state index contributed by atoms with van der Waals surface area (Å²) in [5, 5.41) is 5.67. The van der Waals surface area contributed by atoms with E-state index in [1.165, 1.54) is 18.9 Å². The van der Waals surface area contributed by atoms with Crippen molar-refractivity contribution in [2.75, 3.05) is 26.2 Å². The standard InChI is InChI=1S/C27H33F4N3O2/c28-23-17(6-5-7-20(23)27(29,30)31)16-33-25(36)22-19-9-8-18(26(19)10-11-26)21(22)24(35)32-12-1-2-13-34-14-3-4-15-34/h5-9,18-19,21-22H,1-4,10-16H2,(H,32,35)(H,33,36)/t18-,19+,21-,22-/m1/s1. The molecular weight excluding hydrogens is 474 g/mol. The summed E-state index contributed by atoms with van der Waals surface area (Å²) in [6.07, 6.45) is 5.57. The van der Waals surface area contributed by atoms with Gasteiger partial charge in [-0.2, -0.15) is 13.2 Å². The first-order valence-electron chi connectivity index (χ1n) is 13.0. The lowest BCUT2D eigenvalue weighted by Gasteiger charge is -2.26. The first-order chi connectivity index (χ1) is 17.2. The third-order valence-corrected chi connectivity index (χ3v) is 8.68. The minimum atomic E-state index is -4.81. The van der Waals surface area contributed by atoms with Gasteiger partial charge in [0.25, 0.3) is 0 Å². The summed E-state index contributed by atoms with van der Waals surface area (Å²) in [5.74, 6) is -3.09. The normalized spacial score (nSPS) is 28.1. The van der Waals surface area contributed by atoms with Crippen molar-refractivity contribution in [1.82, 2.24) is 15.5 Å². The summed E-state index contributed by atoms with van der Waals surface area (Å²) in [4.78, 5) is 29.0. The van der Waals surface area contributed by atoms with Crippen LogP contribution in [0.2, 0.25) is 0 Å². The lowest BCUT2D eigenvalue weighted by Crippen LogP contribution is -2.44. The number of likely N-dealkylation sites (tertiary alicyclic amines) is 1. The molecule has 0 unspecified atom stereocenters. The van der Waals surface area contributed by atoms with Gasteiger partial charge in [0, 0.05) is 18.7 Å². The van der Waals surface area contributed by atoms with Crippen LogP contribution in [-0.2, 0) is 22.3 Å². The molecule has 36 heavy (non-hydrogen) atoms. The van der Waals surface area contributed by atoms with Gasteiger partial charge in [-0.3, -0.25) is 9.59 Å². The Balaban J connectivity index is 1.21. The molecule has 0 aromatic heterocycles. The molecular formula is C27H33F4N3O2. The predicted octanol–water partition coefficient (Wildman–Crippen LogP) is 4.28. The van der Waals surface area contributed by atoms with Crippen LogP contribution >= 0.6 is 0 Å². The summed E-state index contributed by atoms with van der Waals surface area (Å²) < 4.78 is 53.6. The number of allylic oxidation sites excluding steroid dienone is 2. The van der Waals surface area contributed by atoms with Crippen LogP contribution in [0.3, 0.4) is 0 Å². The van der Waals surface area contributed by atoms with E-state index in [2.05, 4.69) is 21.6 Å². The second-order valence-corrected chi connectivity index (χ2v) is 10.8. The third kappa shape index (κ3) is 4.66. The van der Waals surface area contributed by atoms with E-state index >= 15 is 0 Å². The number of hydrogen-bond donors (Lipinski definition) is 2. The minimum Gasteiger partial charge on any atom is -0.356 e. The molecule has 2 amide bonds. The number of alkyl halides is 3. The summed E-state index contributed by atoms with van der Waals surface area (Å²) in [6.45, 7) is 3.53. The van der Waals surface area contributed by atoms with Gasteiger partial charge in [-0.1, -0.05) is 24.3 Å². The van der Waals surface area contributed by atoms with E-state index < -0.39 is 35.3 Å². The van der Waals surface area contributed by atoms with Gasteiger partial charge < -0.3 is 15.5 Å². The highest BCUT2D eigenvalue weighted by Gasteiger charge is 2.69. The SMILES string of the molecule is O=C(NCCCCN1CCCC1)[C@H]1[C@H](C(=O)NCc2cccc(C(F)(F)F)c2F)[C@@H]2C=C[C@H]1C21CC1. The molecule has 5 nitrogen and oxygen atoms in total. The number of nitrogens with zero attached hydrogens (tertiary/aromatic N) is 1. The largest absolute Gasteiger partial charge is 0.419 e. The number of carbonyl (C=O) groups excluding carboxylic acids is 2. The summed E-state index contributed by atoms with van der Waals surface area (Å²) in [6, 6.07) is 3.05. The van der Waals surface area contributed by atoms with Crippen molar-refractivity contribution in [3.8, 4) is 0 Å². The molecule has 4 aliphatic rings. The van der Waals surface area contributed by atoms with Crippen LogP contribution in [0.4, 0.5) is 17.6 Å². The van der Waals surface area contributed by atoms with Gasteiger partial charge in [0.2, 0.25) is 11.8 Å². The second-order valence-electron chi connectivity index (χ2n) is 10.8. The van der Waals surface area contributed by atoms with Crippen molar-refractivity contribution in [3.05, 3.63) is 47.3 Å². The predicted molar refractivity (Wildman–Crippen MR) is 126 cm³/mol. The first-order valence-corrected chi connectivity index (χ1v) is 13.0. The molecule has 2 bridgehead atoms. The lowest BCUT2D eigenvalue weighted by molar-refractivity contribution is -0.140. The summed E-state index contributed by atoms with van der Waals surface area (Å²) >= 11 is 0. The Kier molecular flexibility index (Phi) is 6.87. The van der Waals surface area contributed by atoms with Crippen LogP contribution in [0.5, 0.6) is 0 Å². The van der Waals surface area contributed by atoms with Crippen molar-refractivity contribution in [2.24, 2.45) is 29.1 Å².